The minimum absolute atomic E-state index is 0.00900. The lowest BCUT2D eigenvalue weighted by atomic mass is 9.96. The Balaban J connectivity index is 1.55. The van der Waals surface area contributed by atoms with Gasteiger partial charge in [-0.05, 0) is 61.5 Å². The average Bonchev–Trinajstić information content (AvgIpc) is 1.34. The van der Waals surface area contributed by atoms with Crippen LogP contribution in [-0.2, 0) is 94.3 Å². The van der Waals surface area contributed by atoms with Crippen molar-refractivity contribution >= 4 is 101 Å². The van der Waals surface area contributed by atoms with Crippen molar-refractivity contribution < 1.29 is 107 Å². The first-order chi connectivity index (χ1) is 49.2. The van der Waals surface area contributed by atoms with Crippen LogP contribution in [0.5, 0.6) is 0 Å². The summed E-state index contributed by atoms with van der Waals surface area (Å²) in [5.74, 6) is -19.4. The van der Waals surface area contributed by atoms with Crippen molar-refractivity contribution in [2.24, 2.45) is 29.0 Å². The number of aliphatic hydroxyl groups excluding tert-OH is 3. The summed E-state index contributed by atoms with van der Waals surface area (Å²) in [5.41, 5.74) is 17.3. The molecule has 0 spiro atoms. The van der Waals surface area contributed by atoms with Gasteiger partial charge >= 0.3 is 11.9 Å². The van der Waals surface area contributed by atoms with Gasteiger partial charge in [0.05, 0.1) is 45.8 Å². The summed E-state index contributed by atoms with van der Waals surface area (Å²) in [7, 11) is 0. The second-order valence-corrected chi connectivity index (χ2v) is 25.5. The number of primary amides is 2. The van der Waals surface area contributed by atoms with E-state index in [0.29, 0.717) is 11.1 Å². The fraction of sp³-hybridized carbons (Fsp3) is 0.561. The number of likely N-dealkylation sites (tertiary alicyclic amines) is 2. The molecular formula is C66H96N16O22. The molecule has 0 unspecified atom stereocenters. The van der Waals surface area contributed by atoms with Crippen LogP contribution >= 0.6 is 0 Å². The lowest BCUT2D eigenvalue weighted by molar-refractivity contribution is -0.147. The van der Waals surface area contributed by atoms with E-state index in [2.05, 4.69) is 53.2 Å². The molecule has 2 heterocycles. The topological polar surface area (TPSA) is 608 Å². The molecule has 2 aromatic rings. The van der Waals surface area contributed by atoms with Crippen molar-refractivity contribution in [1.29, 1.82) is 0 Å². The van der Waals surface area contributed by atoms with Gasteiger partial charge in [0.25, 0.3) is 0 Å². The smallest absolute Gasteiger partial charge is 0.328 e. The molecule has 0 aromatic heterocycles. The monoisotopic (exact) mass is 1460 g/mol. The Morgan fingerprint density at radius 2 is 0.904 bits per heavy atom. The number of nitrogens with one attached hydrogen (secondary N) is 11. The van der Waals surface area contributed by atoms with Gasteiger partial charge in [-0.3, -0.25) is 76.7 Å². The Kier molecular flexibility index (Phi) is 35.1. The lowest BCUT2D eigenvalue weighted by Crippen LogP contribution is -2.62. The maximum absolute atomic E-state index is 14.7. The normalized spacial score (nSPS) is 17.2. The summed E-state index contributed by atoms with van der Waals surface area (Å²) in [6.07, 6.45) is -2.91. The van der Waals surface area contributed by atoms with Crippen molar-refractivity contribution in [3.63, 3.8) is 0 Å². The molecule has 38 nitrogen and oxygen atoms in total. The van der Waals surface area contributed by atoms with Crippen molar-refractivity contribution in [1.82, 2.24) is 68.3 Å². The summed E-state index contributed by atoms with van der Waals surface area (Å²) in [6.45, 7) is 2.22. The molecule has 4 rings (SSSR count). The van der Waals surface area contributed by atoms with E-state index in [0.717, 1.165) is 9.80 Å². The minimum Gasteiger partial charge on any atom is -0.481 e. The van der Waals surface area contributed by atoms with Crippen LogP contribution in [0.2, 0.25) is 0 Å². The molecule has 104 heavy (non-hydrogen) atoms. The highest BCUT2D eigenvalue weighted by molar-refractivity contribution is 6.01. The largest absolute Gasteiger partial charge is 0.481 e. The predicted octanol–water partition coefficient (Wildman–Crippen LogP) is -7.85. The van der Waals surface area contributed by atoms with E-state index < -0.39 is 238 Å². The molecule has 2 aromatic carbocycles. The van der Waals surface area contributed by atoms with E-state index in [1.165, 1.54) is 0 Å². The second-order valence-electron chi connectivity index (χ2n) is 25.5. The summed E-state index contributed by atoms with van der Waals surface area (Å²) in [5, 5.41) is 75.1. The highest BCUT2D eigenvalue weighted by atomic mass is 16.4. The number of rotatable bonds is 43. The average molecular weight is 1470 g/mol. The van der Waals surface area contributed by atoms with E-state index in [-0.39, 0.29) is 70.4 Å². The Labute approximate surface area is 597 Å². The first kappa shape index (κ1) is 85.7. The Hall–Kier alpha value is -10.7. The van der Waals surface area contributed by atoms with E-state index in [9.17, 15) is 107 Å². The number of carboxylic acids is 2. The molecule has 2 saturated heterocycles. The molecule has 0 aliphatic carbocycles. The number of carbonyl (C=O) groups excluding carboxylic acids is 15. The van der Waals surface area contributed by atoms with Crippen LogP contribution in [0.3, 0.4) is 0 Å². The zero-order chi connectivity index (χ0) is 77.5. The van der Waals surface area contributed by atoms with Crippen LogP contribution in [0, 0.1) is 11.8 Å². The molecule has 2 aliphatic heterocycles. The number of carbonyl (C=O) groups is 17. The quantitative estimate of drug-likeness (QED) is 0.0293. The number of benzene rings is 2. The van der Waals surface area contributed by atoms with Gasteiger partial charge in [0.2, 0.25) is 88.6 Å². The first-order valence-corrected chi connectivity index (χ1v) is 33.8. The number of hydrogen-bond acceptors (Lipinski definition) is 21. The summed E-state index contributed by atoms with van der Waals surface area (Å²) in [6, 6.07) is -3.32. The van der Waals surface area contributed by atoms with Gasteiger partial charge in [0.1, 0.15) is 72.5 Å². The summed E-state index contributed by atoms with van der Waals surface area (Å²) >= 11 is 0. The number of aliphatic carboxylic acids is 2. The SMILES string of the molecule is CC[C@H](C)[C@H](NC(=O)[C@H](CCC(N)=O)NC(=O)[C@H](CO)NC(=O)[C@H](Cc1ccccc1)NC(=O)[C@H](CC(N)=O)NC(=O)[C@H](Cc1ccccc1)NC(=O)CNC(=O)CN)C(=O)N[C@@H](CC(C)C)C(=O)N1CCC[C@H]1C(=O)N[C@@H](CC(=O)O)C(=O)N1CCC[C@H]1C(=O)N[C@@H](CO)C(=O)N[C@@H](CO)C(=O)O. The molecular weight excluding hydrogens is 1370 g/mol. The number of carboxylic acid groups (broad SMARTS) is 2. The number of nitrogens with zero attached hydrogens (tertiary/aromatic N) is 2. The molecule has 0 saturated carbocycles. The third kappa shape index (κ3) is 27.2. The van der Waals surface area contributed by atoms with Gasteiger partial charge < -0.3 is 111 Å². The third-order valence-corrected chi connectivity index (χ3v) is 17.0. The van der Waals surface area contributed by atoms with E-state index in [1.807, 2.05) is 5.32 Å². The van der Waals surface area contributed by atoms with Gasteiger partial charge in [-0.25, -0.2) is 4.79 Å². The van der Waals surface area contributed by atoms with Crippen molar-refractivity contribution in [3.8, 4) is 0 Å². The Bertz CT molecular complexity index is 3390. The van der Waals surface area contributed by atoms with Gasteiger partial charge in [-0.15, -0.1) is 0 Å². The Morgan fingerprint density at radius 1 is 0.481 bits per heavy atom. The lowest BCUT2D eigenvalue weighted by Gasteiger charge is -2.33. The minimum atomic E-state index is -1.93. The zero-order valence-electron chi connectivity index (χ0n) is 58.1. The van der Waals surface area contributed by atoms with Crippen molar-refractivity contribution in [3.05, 3.63) is 71.8 Å². The molecule has 0 bridgehead atoms. The number of nitrogens with two attached hydrogens (primary N) is 3. The fourth-order valence-corrected chi connectivity index (χ4v) is 11.3. The Morgan fingerprint density at radius 3 is 1.37 bits per heavy atom. The standard InChI is InChI=1S/C66H96N16O22/c1-5-35(4)54(63(100)76-42(24-34(2)3)64(101)81-22-12-18-47(81)61(98)75-43(28-53(90)91)65(102)82-23-13-19-48(82)62(99)78-45(32-84)60(97)79-46(33-85)66(103)104)80-55(92)38(20-21-49(68)86)72-59(96)44(31-83)77-57(94)40(26-37-16-10-7-11-17-37)73-58(95)41(27-50(69)87)74-56(93)39(25-36-14-8-6-9-15-36)71-52(89)30-70-51(88)29-67/h6-11,14-17,34-35,38-48,54,83-85H,5,12-13,18-33,67H2,1-4H3,(H2,68,86)(H2,69,87)(H,70,88)(H,71,89)(H,72,96)(H,73,95)(H,74,93)(H,75,98)(H,76,100)(H,77,94)(H,78,99)(H,79,97)(H,80,92)(H,90,91)(H,103,104)/t35-,38-,39-,40-,41-,42-,43-,44-,45-,46-,47-,48-,54-/m0/s1. The molecule has 2 fully saturated rings. The second kappa shape index (κ2) is 42.6. The van der Waals surface area contributed by atoms with Crippen LogP contribution in [-0.4, -0.2) is 254 Å². The molecule has 15 amide bonds. The molecule has 0 radical (unpaired) electrons. The summed E-state index contributed by atoms with van der Waals surface area (Å²) in [4.78, 5) is 230. The highest BCUT2D eigenvalue weighted by Crippen LogP contribution is 2.24. The van der Waals surface area contributed by atoms with Crippen molar-refractivity contribution in [2.45, 2.75) is 177 Å². The highest BCUT2D eigenvalue weighted by Gasteiger charge is 2.44. The number of aliphatic hydroxyl groups is 3. The van der Waals surface area contributed by atoms with E-state index in [4.69, 9.17) is 17.2 Å². The predicted molar refractivity (Wildman–Crippen MR) is 363 cm³/mol. The maximum atomic E-state index is 14.7. The van der Waals surface area contributed by atoms with Crippen LogP contribution in [0.15, 0.2) is 60.7 Å². The van der Waals surface area contributed by atoms with Crippen molar-refractivity contribution in [2.75, 3.05) is 46.0 Å². The molecule has 2 aliphatic rings. The molecule has 572 valence electrons. The molecule has 13 atom stereocenters. The van der Waals surface area contributed by atoms with Gasteiger partial charge in [-0.1, -0.05) is 94.8 Å². The van der Waals surface area contributed by atoms with Crippen LogP contribution < -0.4 is 75.7 Å². The van der Waals surface area contributed by atoms with Crippen LogP contribution in [0.4, 0.5) is 0 Å². The fourth-order valence-electron chi connectivity index (χ4n) is 11.3. The van der Waals surface area contributed by atoms with E-state index >= 15 is 0 Å². The van der Waals surface area contributed by atoms with Gasteiger partial charge in [0.15, 0.2) is 0 Å². The zero-order valence-corrected chi connectivity index (χ0v) is 58.1. The molecule has 38 heteroatoms. The van der Waals surface area contributed by atoms with Gasteiger partial charge in [0, 0.05) is 32.4 Å². The first-order valence-electron chi connectivity index (χ1n) is 33.8. The number of amides is 15. The van der Waals surface area contributed by atoms with Crippen LogP contribution in [0.25, 0.3) is 0 Å². The molecule has 22 N–H and O–H groups in total. The summed E-state index contributed by atoms with van der Waals surface area (Å²) < 4.78 is 0. The van der Waals surface area contributed by atoms with Crippen LogP contribution in [0.1, 0.15) is 103 Å². The number of hydrogen-bond donors (Lipinski definition) is 19. The van der Waals surface area contributed by atoms with E-state index in [1.54, 1.807) is 88.4 Å². The third-order valence-electron chi connectivity index (χ3n) is 17.0. The maximum Gasteiger partial charge on any atom is 0.328 e. The van der Waals surface area contributed by atoms with Gasteiger partial charge in [-0.2, -0.15) is 0 Å².